The molecule has 0 aliphatic heterocycles. The SMILES string of the molecule is CCNC(=NCCS(=O)(=O)C(C)(C)C)N(C)Cc1cc2ccccc2o1. The Hall–Kier alpha value is -2.02. The normalized spacial score (nSPS) is 13.2. The van der Waals surface area contributed by atoms with Crippen LogP contribution < -0.4 is 5.32 Å². The molecule has 0 saturated carbocycles. The molecule has 0 bridgehead atoms. The second kappa shape index (κ2) is 8.12. The van der Waals surface area contributed by atoms with Crippen LogP contribution in [-0.2, 0) is 16.4 Å². The molecule has 2 rings (SSSR count). The lowest BCUT2D eigenvalue weighted by atomic mass is 10.2. The van der Waals surface area contributed by atoms with Crippen LogP contribution in [0.1, 0.15) is 33.5 Å². The van der Waals surface area contributed by atoms with E-state index in [0.717, 1.165) is 16.7 Å². The van der Waals surface area contributed by atoms with Crippen molar-refractivity contribution in [3.8, 4) is 0 Å². The van der Waals surface area contributed by atoms with Crippen molar-refractivity contribution in [1.29, 1.82) is 0 Å². The maximum Gasteiger partial charge on any atom is 0.194 e. The summed E-state index contributed by atoms with van der Waals surface area (Å²) in [5, 5.41) is 4.26. The summed E-state index contributed by atoms with van der Waals surface area (Å²) in [6.45, 7) is 8.60. The fraction of sp³-hybridized carbons (Fsp3) is 0.526. The quantitative estimate of drug-likeness (QED) is 0.617. The van der Waals surface area contributed by atoms with Crippen molar-refractivity contribution < 1.29 is 12.8 Å². The summed E-state index contributed by atoms with van der Waals surface area (Å²) in [6.07, 6.45) is 0. The number of sulfone groups is 1. The highest BCUT2D eigenvalue weighted by Gasteiger charge is 2.28. The van der Waals surface area contributed by atoms with Crippen LogP contribution >= 0.6 is 0 Å². The van der Waals surface area contributed by atoms with E-state index in [9.17, 15) is 8.42 Å². The highest BCUT2D eigenvalue weighted by atomic mass is 32.2. The number of hydrogen-bond donors (Lipinski definition) is 1. The van der Waals surface area contributed by atoms with Crippen LogP contribution in [0, 0.1) is 0 Å². The maximum atomic E-state index is 12.2. The highest BCUT2D eigenvalue weighted by molar-refractivity contribution is 7.92. The smallest absolute Gasteiger partial charge is 0.194 e. The number of rotatable bonds is 6. The molecule has 1 aromatic heterocycles. The van der Waals surface area contributed by atoms with Gasteiger partial charge in [0.1, 0.15) is 11.3 Å². The van der Waals surface area contributed by atoms with Gasteiger partial charge < -0.3 is 14.6 Å². The maximum absolute atomic E-state index is 12.2. The average Bonchev–Trinajstić information content (AvgIpc) is 2.95. The molecular weight excluding hydrogens is 350 g/mol. The zero-order chi connectivity index (χ0) is 19.4. The first-order valence-corrected chi connectivity index (χ1v) is 10.5. The van der Waals surface area contributed by atoms with Crippen LogP contribution in [-0.4, -0.2) is 49.9 Å². The fourth-order valence-electron chi connectivity index (χ4n) is 2.47. The van der Waals surface area contributed by atoms with Crippen LogP contribution in [0.5, 0.6) is 0 Å². The molecule has 144 valence electrons. The van der Waals surface area contributed by atoms with Crippen LogP contribution in [0.25, 0.3) is 11.0 Å². The molecule has 0 amide bonds. The van der Waals surface area contributed by atoms with Gasteiger partial charge in [0.2, 0.25) is 0 Å². The van der Waals surface area contributed by atoms with Crippen LogP contribution in [0.15, 0.2) is 39.7 Å². The fourth-order valence-corrected chi connectivity index (χ4v) is 3.42. The molecule has 0 unspecified atom stereocenters. The van der Waals surface area contributed by atoms with Crippen molar-refractivity contribution >= 4 is 26.8 Å². The summed E-state index contributed by atoms with van der Waals surface area (Å²) in [5.41, 5.74) is 0.856. The van der Waals surface area contributed by atoms with E-state index in [-0.39, 0.29) is 12.3 Å². The van der Waals surface area contributed by atoms with Gasteiger partial charge in [-0.2, -0.15) is 0 Å². The van der Waals surface area contributed by atoms with Crippen molar-refractivity contribution in [1.82, 2.24) is 10.2 Å². The largest absolute Gasteiger partial charge is 0.459 e. The summed E-state index contributed by atoms with van der Waals surface area (Å²) in [6, 6.07) is 9.89. The van der Waals surface area contributed by atoms with E-state index in [1.54, 1.807) is 20.8 Å². The Morgan fingerprint density at radius 3 is 2.58 bits per heavy atom. The average molecular weight is 380 g/mol. The number of fused-ring (bicyclic) bond motifs is 1. The van der Waals surface area contributed by atoms with E-state index < -0.39 is 14.6 Å². The van der Waals surface area contributed by atoms with Crippen molar-refractivity contribution in [3.63, 3.8) is 0 Å². The zero-order valence-electron chi connectivity index (χ0n) is 16.2. The molecule has 0 spiro atoms. The van der Waals surface area contributed by atoms with Gasteiger partial charge in [0.05, 0.1) is 23.6 Å². The molecule has 1 heterocycles. The standard InChI is InChI=1S/C19H29N3O3S/c1-6-20-18(21-11-12-26(23,24)19(2,3)4)22(5)14-16-13-15-9-7-8-10-17(15)25-16/h7-10,13H,6,11-12,14H2,1-5H3,(H,20,21). The predicted molar refractivity (Wildman–Crippen MR) is 107 cm³/mol. The molecule has 26 heavy (non-hydrogen) atoms. The summed E-state index contributed by atoms with van der Waals surface area (Å²) in [7, 11) is -1.27. The van der Waals surface area contributed by atoms with Gasteiger partial charge >= 0.3 is 0 Å². The summed E-state index contributed by atoms with van der Waals surface area (Å²) >= 11 is 0. The minimum absolute atomic E-state index is 0.0316. The van der Waals surface area contributed by atoms with Crippen LogP contribution in [0.2, 0.25) is 0 Å². The summed E-state index contributed by atoms with van der Waals surface area (Å²) < 4.78 is 29.6. The van der Waals surface area contributed by atoms with Crippen molar-refractivity contribution in [2.45, 2.75) is 39.0 Å². The number of para-hydroxylation sites is 1. The van der Waals surface area contributed by atoms with Crippen LogP contribution in [0.3, 0.4) is 0 Å². The Balaban J connectivity index is 2.07. The Morgan fingerprint density at radius 1 is 1.27 bits per heavy atom. The second-order valence-corrected chi connectivity index (χ2v) is 10.1. The zero-order valence-corrected chi connectivity index (χ0v) is 17.1. The molecule has 2 aromatic rings. The van der Waals surface area contributed by atoms with E-state index in [2.05, 4.69) is 10.3 Å². The van der Waals surface area contributed by atoms with E-state index in [1.165, 1.54) is 0 Å². The molecule has 1 N–H and O–H groups in total. The number of nitrogens with zero attached hydrogens (tertiary/aromatic N) is 2. The molecule has 0 aliphatic rings. The number of hydrogen-bond acceptors (Lipinski definition) is 4. The molecule has 0 fully saturated rings. The lowest BCUT2D eigenvalue weighted by molar-refractivity contribution is 0.413. The molecule has 7 heteroatoms. The Morgan fingerprint density at radius 2 is 1.96 bits per heavy atom. The topological polar surface area (TPSA) is 74.9 Å². The second-order valence-electron chi connectivity index (χ2n) is 7.27. The molecule has 6 nitrogen and oxygen atoms in total. The number of nitrogens with one attached hydrogen (secondary N) is 1. The van der Waals surface area contributed by atoms with Gasteiger partial charge in [-0.1, -0.05) is 18.2 Å². The minimum atomic E-state index is -3.18. The summed E-state index contributed by atoms with van der Waals surface area (Å²) in [4.78, 5) is 6.41. The number of aliphatic imine (C=N–C) groups is 1. The van der Waals surface area contributed by atoms with Gasteiger partial charge in [-0.25, -0.2) is 8.42 Å². The third-order valence-electron chi connectivity index (χ3n) is 4.12. The van der Waals surface area contributed by atoms with E-state index in [1.807, 2.05) is 49.2 Å². The molecule has 0 saturated heterocycles. The first-order chi connectivity index (χ1) is 12.1. The van der Waals surface area contributed by atoms with Crippen molar-refractivity contribution in [2.24, 2.45) is 4.99 Å². The van der Waals surface area contributed by atoms with Gasteiger partial charge in [-0.05, 0) is 39.8 Å². The lowest BCUT2D eigenvalue weighted by Gasteiger charge is -2.22. The molecule has 0 radical (unpaired) electrons. The monoisotopic (exact) mass is 379 g/mol. The third kappa shape index (κ3) is 5.00. The first-order valence-electron chi connectivity index (χ1n) is 8.83. The van der Waals surface area contributed by atoms with E-state index >= 15 is 0 Å². The summed E-state index contributed by atoms with van der Waals surface area (Å²) in [5.74, 6) is 1.53. The predicted octanol–water partition coefficient (Wildman–Crippen LogP) is 3.04. The van der Waals surface area contributed by atoms with E-state index in [0.29, 0.717) is 19.0 Å². The molecule has 0 atom stereocenters. The molecular formula is C19H29N3O3S. The third-order valence-corrected chi connectivity index (χ3v) is 6.71. The number of benzene rings is 1. The van der Waals surface area contributed by atoms with Crippen LogP contribution in [0.4, 0.5) is 0 Å². The first kappa shape index (κ1) is 20.3. The number of guanidine groups is 1. The Kier molecular flexibility index (Phi) is 6.34. The van der Waals surface area contributed by atoms with Crippen molar-refractivity contribution in [3.05, 3.63) is 36.1 Å². The Labute approximate surface area is 156 Å². The molecule has 1 aromatic carbocycles. The Bertz CT molecular complexity index is 831. The lowest BCUT2D eigenvalue weighted by Crippen LogP contribution is -2.39. The highest BCUT2D eigenvalue weighted by Crippen LogP contribution is 2.20. The molecule has 0 aliphatic carbocycles. The van der Waals surface area contributed by atoms with Gasteiger partial charge in [0, 0.05) is 19.0 Å². The van der Waals surface area contributed by atoms with Gasteiger partial charge in [0.15, 0.2) is 15.8 Å². The van der Waals surface area contributed by atoms with Gasteiger partial charge in [-0.15, -0.1) is 0 Å². The van der Waals surface area contributed by atoms with Gasteiger partial charge in [-0.3, -0.25) is 4.99 Å². The van der Waals surface area contributed by atoms with E-state index in [4.69, 9.17) is 4.42 Å². The minimum Gasteiger partial charge on any atom is -0.459 e. The van der Waals surface area contributed by atoms with Gasteiger partial charge in [0.25, 0.3) is 0 Å². The number of furan rings is 1. The van der Waals surface area contributed by atoms with Crippen molar-refractivity contribution in [2.75, 3.05) is 25.9 Å².